The second-order valence-electron chi connectivity index (χ2n) is 5.38. The van der Waals surface area contributed by atoms with E-state index in [-0.39, 0.29) is 0 Å². The summed E-state index contributed by atoms with van der Waals surface area (Å²) in [5.74, 6) is 0. The van der Waals surface area contributed by atoms with Gasteiger partial charge in [0.05, 0.1) is 0 Å². The van der Waals surface area contributed by atoms with Crippen molar-refractivity contribution in [3.8, 4) is 0 Å². The Morgan fingerprint density at radius 2 is 1.78 bits per heavy atom. The molecular weight excluding hydrogens is 220 g/mol. The Bertz CT molecular complexity index is 339. The van der Waals surface area contributed by atoms with Crippen LogP contribution in [-0.4, -0.2) is 31.1 Å². The Morgan fingerprint density at radius 1 is 1.11 bits per heavy atom. The molecule has 2 nitrogen and oxygen atoms in total. The van der Waals surface area contributed by atoms with E-state index in [1.165, 1.54) is 43.5 Å². The number of hydrogen-bond donors (Lipinski definition) is 1. The molecule has 1 N–H and O–H groups in total. The molecule has 1 aromatic rings. The van der Waals surface area contributed by atoms with Crippen LogP contribution in [0.25, 0.3) is 0 Å². The van der Waals surface area contributed by atoms with Crippen LogP contribution in [0.2, 0.25) is 0 Å². The maximum absolute atomic E-state index is 3.62. The van der Waals surface area contributed by atoms with Gasteiger partial charge in [0.25, 0.3) is 0 Å². The van der Waals surface area contributed by atoms with Crippen molar-refractivity contribution in [3.05, 3.63) is 35.4 Å². The predicted octanol–water partition coefficient (Wildman–Crippen LogP) is 3.13. The summed E-state index contributed by atoms with van der Waals surface area (Å²) in [6.45, 7) is 9.07. The SMILES string of the molecule is CCNC(CN1CCCCC1)c1ccc(C)cc1. The lowest BCUT2D eigenvalue weighted by Crippen LogP contribution is -2.38. The van der Waals surface area contributed by atoms with Gasteiger partial charge in [-0.1, -0.05) is 43.2 Å². The highest BCUT2D eigenvalue weighted by atomic mass is 15.1. The van der Waals surface area contributed by atoms with Crippen molar-refractivity contribution < 1.29 is 0 Å². The highest BCUT2D eigenvalue weighted by Gasteiger charge is 2.16. The summed E-state index contributed by atoms with van der Waals surface area (Å²) in [5, 5.41) is 3.62. The maximum Gasteiger partial charge on any atom is 0.0449 e. The third kappa shape index (κ3) is 3.82. The standard InChI is InChI=1S/C16H26N2/c1-3-17-16(13-18-11-5-4-6-12-18)15-9-7-14(2)8-10-15/h7-10,16-17H,3-6,11-13H2,1-2H3. The van der Waals surface area contributed by atoms with Gasteiger partial charge in [-0.15, -0.1) is 0 Å². The third-order valence-electron chi connectivity index (χ3n) is 3.82. The smallest absolute Gasteiger partial charge is 0.0449 e. The van der Waals surface area contributed by atoms with Crippen molar-refractivity contribution in [2.24, 2.45) is 0 Å². The average molecular weight is 246 g/mol. The lowest BCUT2D eigenvalue weighted by Gasteiger charge is -2.31. The number of hydrogen-bond acceptors (Lipinski definition) is 2. The van der Waals surface area contributed by atoms with Crippen LogP contribution in [-0.2, 0) is 0 Å². The van der Waals surface area contributed by atoms with Crippen molar-refractivity contribution in [2.75, 3.05) is 26.2 Å². The molecule has 18 heavy (non-hydrogen) atoms. The van der Waals surface area contributed by atoms with Gasteiger partial charge in [-0.05, 0) is 45.0 Å². The van der Waals surface area contributed by atoms with E-state index in [1.54, 1.807) is 0 Å². The van der Waals surface area contributed by atoms with Gasteiger partial charge in [0.1, 0.15) is 0 Å². The quantitative estimate of drug-likeness (QED) is 0.858. The largest absolute Gasteiger partial charge is 0.309 e. The molecule has 100 valence electrons. The number of nitrogens with zero attached hydrogens (tertiary/aromatic N) is 1. The van der Waals surface area contributed by atoms with E-state index in [9.17, 15) is 0 Å². The second kappa shape index (κ2) is 6.91. The van der Waals surface area contributed by atoms with E-state index in [1.807, 2.05) is 0 Å². The first kappa shape index (κ1) is 13.6. The Morgan fingerprint density at radius 3 is 2.39 bits per heavy atom. The Balaban J connectivity index is 2.00. The number of benzene rings is 1. The van der Waals surface area contributed by atoms with Crippen LogP contribution >= 0.6 is 0 Å². The number of likely N-dealkylation sites (tertiary alicyclic amines) is 1. The molecule has 1 aliphatic rings. The minimum Gasteiger partial charge on any atom is -0.309 e. The minimum atomic E-state index is 0.480. The average Bonchev–Trinajstić information content (AvgIpc) is 2.40. The maximum atomic E-state index is 3.62. The highest BCUT2D eigenvalue weighted by molar-refractivity contribution is 5.24. The molecule has 0 aromatic heterocycles. The number of nitrogens with one attached hydrogen (secondary N) is 1. The lowest BCUT2D eigenvalue weighted by molar-refractivity contribution is 0.206. The van der Waals surface area contributed by atoms with Crippen molar-refractivity contribution in [1.29, 1.82) is 0 Å². The minimum absolute atomic E-state index is 0.480. The van der Waals surface area contributed by atoms with Gasteiger partial charge in [-0.25, -0.2) is 0 Å². The van der Waals surface area contributed by atoms with E-state index >= 15 is 0 Å². The van der Waals surface area contributed by atoms with Crippen molar-refractivity contribution >= 4 is 0 Å². The highest BCUT2D eigenvalue weighted by Crippen LogP contribution is 2.18. The van der Waals surface area contributed by atoms with Gasteiger partial charge in [0.2, 0.25) is 0 Å². The van der Waals surface area contributed by atoms with Crippen LogP contribution < -0.4 is 5.32 Å². The van der Waals surface area contributed by atoms with E-state index in [0.29, 0.717) is 6.04 Å². The topological polar surface area (TPSA) is 15.3 Å². The zero-order valence-electron chi connectivity index (χ0n) is 11.8. The number of piperidine rings is 1. The summed E-state index contributed by atoms with van der Waals surface area (Å²) in [7, 11) is 0. The molecule has 1 heterocycles. The van der Waals surface area contributed by atoms with Gasteiger partial charge in [0, 0.05) is 12.6 Å². The fraction of sp³-hybridized carbons (Fsp3) is 0.625. The molecule has 2 rings (SSSR count). The molecule has 1 atom stereocenters. The Labute approximate surface area is 111 Å². The van der Waals surface area contributed by atoms with E-state index in [0.717, 1.165) is 13.1 Å². The van der Waals surface area contributed by atoms with Gasteiger partial charge in [-0.3, -0.25) is 0 Å². The molecule has 0 aliphatic carbocycles. The first-order chi connectivity index (χ1) is 8.79. The zero-order chi connectivity index (χ0) is 12.8. The molecule has 0 spiro atoms. The number of aryl methyl sites for hydroxylation is 1. The summed E-state index contributed by atoms with van der Waals surface area (Å²) in [6, 6.07) is 9.46. The summed E-state index contributed by atoms with van der Waals surface area (Å²) < 4.78 is 0. The van der Waals surface area contributed by atoms with Crippen LogP contribution in [0.5, 0.6) is 0 Å². The molecule has 0 saturated carbocycles. The molecule has 0 radical (unpaired) electrons. The summed E-state index contributed by atoms with van der Waals surface area (Å²) in [6.07, 6.45) is 4.15. The molecule has 1 aliphatic heterocycles. The molecule has 2 heteroatoms. The van der Waals surface area contributed by atoms with Crippen molar-refractivity contribution in [3.63, 3.8) is 0 Å². The van der Waals surface area contributed by atoms with Crippen LogP contribution in [0.4, 0.5) is 0 Å². The first-order valence-corrected chi connectivity index (χ1v) is 7.32. The second-order valence-corrected chi connectivity index (χ2v) is 5.38. The fourth-order valence-electron chi connectivity index (χ4n) is 2.73. The van der Waals surface area contributed by atoms with E-state index < -0.39 is 0 Å². The zero-order valence-corrected chi connectivity index (χ0v) is 11.8. The molecular formula is C16H26N2. The van der Waals surface area contributed by atoms with Gasteiger partial charge in [-0.2, -0.15) is 0 Å². The normalized spacial score (nSPS) is 18.8. The fourth-order valence-corrected chi connectivity index (χ4v) is 2.73. The van der Waals surface area contributed by atoms with Gasteiger partial charge in [0.15, 0.2) is 0 Å². The summed E-state index contributed by atoms with van der Waals surface area (Å²) in [5.41, 5.74) is 2.76. The van der Waals surface area contributed by atoms with Crippen molar-refractivity contribution in [1.82, 2.24) is 10.2 Å². The van der Waals surface area contributed by atoms with Crippen LogP contribution in [0.15, 0.2) is 24.3 Å². The monoisotopic (exact) mass is 246 g/mol. The van der Waals surface area contributed by atoms with Gasteiger partial charge < -0.3 is 10.2 Å². The third-order valence-corrected chi connectivity index (χ3v) is 3.82. The Hall–Kier alpha value is -0.860. The van der Waals surface area contributed by atoms with E-state index in [2.05, 4.69) is 48.3 Å². The van der Waals surface area contributed by atoms with Crippen LogP contribution in [0, 0.1) is 6.92 Å². The van der Waals surface area contributed by atoms with Gasteiger partial charge >= 0.3 is 0 Å². The van der Waals surface area contributed by atoms with Crippen LogP contribution in [0.3, 0.4) is 0 Å². The summed E-state index contributed by atoms with van der Waals surface area (Å²) >= 11 is 0. The molecule has 0 bridgehead atoms. The molecule has 1 saturated heterocycles. The predicted molar refractivity (Wildman–Crippen MR) is 77.9 cm³/mol. The molecule has 1 fully saturated rings. The number of rotatable bonds is 5. The summed E-state index contributed by atoms with van der Waals surface area (Å²) in [4.78, 5) is 2.61. The molecule has 1 aromatic carbocycles. The van der Waals surface area contributed by atoms with Crippen molar-refractivity contribution in [2.45, 2.75) is 39.2 Å². The first-order valence-electron chi connectivity index (χ1n) is 7.32. The molecule has 0 amide bonds. The Kier molecular flexibility index (Phi) is 5.21. The lowest BCUT2D eigenvalue weighted by atomic mass is 10.0. The number of likely N-dealkylation sites (N-methyl/N-ethyl adjacent to an activating group) is 1. The van der Waals surface area contributed by atoms with Crippen LogP contribution in [0.1, 0.15) is 43.4 Å². The van der Waals surface area contributed by atoms with E-state index in [4.69, 9.17) is 0 Å². The molecule has 1 unspecified atom stereocenters.